The molecule has 1 aromatic carbocycles. The van der Waals surface area contributed by atoms with Gasteiger partial charge in [-0.1, -0.05) is 0 Å². The summed E-state index contributed by atoms with van der Waals surface area (Å²) >= 11 is 0. The largest absolute Gasteiger partial charge is 0.456 e. The van der Waals surface area contributed by atoms with Gasteiger partial charge < -0.3 is 14.6 Å². The molecule has 0 radical (unpaired) electrons. The third kappa shape index (κ3) is 3.78. The summed E-state index contributed by atoms with van der Waals surface area (Å²) in [6.45, 7) is -0.474. The van der Waals surface area contributed by atoms with Gasteiger partial charge in [0.25, 0.3) is 5.91 Å². The van der Waals surface area contributed by atoms with Crippen molar-refractivity contribution in [1.82, 2.24) is 10.5 Å². The van der Waals surface area contributed by atoms with Crippen molar-refractivity contribution in [1.29, 1.82) is 0 Å². The molecule has 0 saturated carbocycles. The van der Waals surface area contributed by atoms with E-state index in [9.17, 15) is 18.3 Å². The lowest BCUT2D eigenvalue weighted by Crippen LogP contribution is -2.62. The molecule has 1 amide bonds. The highest BCUT2D eigenvalue weighted by Gasteiger charge is 2.53. The van der Waals surface area contributed by atoms with E-state index in [1.165, 1.54) is 35.9 Å². The number of carbonyl (C=O) groups is 1. The Kier molecular flexibility index (Phi) is 5.42. The van der Waals surface area contributed by atoms with Crippen LogP contribution in [0.5, 0.6) is 11.5 Å². The number of pyridine rings is 1. The van der Waals surface area contributed by atoms with Gasteiger partial charge in [0.1, 0.15) is 16.7 Å². The number of carbonyl (C=O) groups excluding carboxylic acids is 1. The van der Waals surface area contributed by atoms with Crippen LogP contribution >= 0.6 is 0 Å². The maximum absolute atomic E-state index is 13.0. The summed E-state index contributed by atoms with van der Waals surface area (Å²) in [5.41, 5.74) is -1.09. The molecule has 27 heavy (non-hydrogen) atoms. The van der Waals surface area contributed by atoms with Crippen LogP contribution in [-0.2, 0) is 19.4 Å². The van der Waals surface area contributed by atoms with E-state index in [1.807, 2.05) is 0 Å². The fraction of sp³-hybridized carbons (Fsp3) is 0.294. The molecule has 10 heteroatoms. The van der Waals surface area contributed by atoms with E-state index < -0.39 is 33.2 Å². The van der Waals surface area contributed by atoms with Crippen LogP contribution in [0, 0.1) is 0 Å². The topological polar surface area (TPSA) is 135 Å². The predicted molar refractivity (Wildman–Crippen MR) is 92.0 cm³/mol. The molecule has 2 heterocycles. The molecule has 3 N–H and O–H groups in total. The SMILES string of the molecule is O=C(NO)C1(O)COCCC1S(=O)(=O)c1ccc(Oc2cccnc2)cc1. The van der Waals surface area contributed by atoms with Crippen LogP contribution in [0.2, 0.25) is 0 Å². The monoisotopic (exact) mass is 394 g/mol. The van der Waals surface area contributed by atoms with Crippen LogP contribution in [0.4, 0.5) is 0 Å². The maximum atomic E-state index is 13.0. The zero-order chi connectivity index (χ0) is 19.5. The minimum atomic E-state index is -4.08. The van der Waals surface area contributed by atoms with E-state index in [-0.39, 0.29) is 17.9 Å². The molecule has 1 aliphatic rings. The molecule has 2 unspecified atom stereocenters. The Morgan fingerprint density at radius 3 is 2.63 bits per heavy atom. The Morgan fingerprint density at radius 1 is 1.26 bits per heavy atom. The number of aromatic nitrogens is 1. The summed E-state index contributed by atoms with van der Waals surface area (Å²) in [5.74, 6) is -0.337. The quantitative estimate of drug-likeness (QED) is 0.498. The zero-order valence-corrected chi connectivity index (χ0v) is 14.9. The number of sulfone groups is 1. The van der Waals surface area contributed by atoms with Crippen molar-refractivity contribution >= 4 is 15.7 Å². The maximum Gasteiger partial charge on any atom is 0.279 e. The van der Waals surface area contributed by atoms with Crippen molar-refractivity contribution in [2.75, 3.05) is 13.2 Å². The first-order valence-electron chi connectivity index (χ1n) is 8.04. The standard InChI is InChI=1S/C17H18N2O7S/c20-16(19-22)17(21)11-25-9-7-15(17)27(23,24)14-5-3-12(4-6-14)26-13-2-1-8-18-10-13/h1-6,8,10,15,21-22H,7,9,11H2,(H,19,20). The number of nitrogens with one attached hydrogen (secondary N) is 1. The summed E-state index contributed by atoms with van der Waals surface area (Å²) in [6.07, 6.45) is 3.01. The second kappa shape index (κ2) is 7.61. The van der Waals surface area contributed by atoms with Crippen LogP contribution in [0.15, 0.2) is 53.7 Å². The van der Waals surface area contributed by atoms with Crippen LogP contribution in [0.3, 0.4) is 0 Å². The molecule has 3 rings (SSSR count). The Morgan fingerprint density at radius 2 is 2.00 bits per heavy atom. The van der Waals surface area contributed by atoms with Gasteiger partial charge in [0.15, 0.2) is 15.4 Å². The summed E-state index contributed by atoms with van der Waals surface area (Å²) in [4.78, 5) is 15.7. The Labute approximate surface area is 155 Å². The summed E-state index contributed by atoms with van der Waals surface area (Å²) in [5, 5.41) is 17.9. The molecule has 9 nitrogen and oxygen atoms in total. The van der Waals surface area contributed by atoms with Crippen LogP contribution in [-0.4, -0.2) is 53.7 Å². The van der Waals surface area contributed by atoms with Crippen molar-refractivity contribution in [2.24, 2.45) is 0 Å². The van der Waals surface area contributed by atoms with Crippen molar-refractivity contribution in [3.05, 3.63) is 48.8 Å². The van der Waals surface area contributed by atoms with Gasteiger partial charge >= 0.3 is 0 Å². The zero-order valence-electron chi connectivity index (χ0n) is 14.1. The fourth-order valence-electron chi connectivity index (χ4n) is 2.88. The number of rotatable bonds is 5. The summed E-state index contributed by atoms with van der Waals surface area (Å²) in [7, 11) is -4.08. The average molecular weight is 394 g/mol. The number of nitrogens with zero attached hydrogens (tertiary/aromatic N) is 1. The first-order chi connectivity index (χ1) is 12.9. The van der Waals surface area contributed by atoms with Gasteiger partial charge in [-0.05, 0) is 42.8 Å². The van der Waals surface area contributed by atoms with Gasteiger partial charge in [0, 0.05) is 12.8 Å². The highest BCUT2D eigenvalue weighted by atomic mass is 32.2. The molecule has 144 valence electrons. The number of ether oxygens (including phenoxy) is 2. The molecular formula is C17H18N2O7S. The minimum Gasteiger partial charge on any atom is -0.456 e. The van der Waals surface area contributed by atoms with Crippen LogP contribution in [0.1, 0.15) is 6.42 Å². The lowest BCUT2D eigenvalue weighted by molar-refractivity contribution is -0.161. The van der Waals surface area contributed by atoms with Gasteiger partial charge in [-0.25, -0.2) is 13.9 Å². The number of aliphatic hydroxyl groups is 1. The minimum absolute atomic E-state index is 0.0626. The highest BCUT2D eigenvalue weighted by Crippen LogP contribution is 2.32. The molecule has 1 aliphatic heterocycles. The average Bonchev–Trinajstić information content (AvgIpc) is 2.68. The van der Waals surface area contributed by atoms with Crippen LogP contribution in [0.25, 0.3) is 0 Å². The molecule has 2 aromatic rings. The predicted octanol–water partition coefficient (Wildman–Crippen LogP) is 0.673. The molecule has 0 spiro atoms. The van der Waals surface area contributed by atoms with Gasteiger partial charge in [0.2, 0.25) is 0 Å². The lowest BCUT2D eigenvalue weighted by Gasteiger charge is -2.36. The number of amides is 1. The highest BCUT2D eigenvalue weighted by molar-refractivity contribution is 7.92. The van der Waals surface area contributed by atoms with E-state index in [4.69, 9.17) is 14.7 Å². The van der Waals surface area contributed by atoms with Crippen molar-refractivity contribution in [3.63, 3.8) is 0 Å². The Hall–Kier alpha value is -2.53. The van der Waals surface area contributed by atoms with E-state index in [2.05, 4.69) is 4.98 Å². The second-order valence-electron chi connectivity index (χ2n) is 6.00. The van der Waals surface area contributed by atoms with E-state index in [0.29, 0.717) is 11.5 Å². The van der Waals surface area contributed by atoms with Gasteiger partial charge in [-0.3, -0.25) is 15.0 Å². The van der Waals surface area contributed by atoms with E-state index in [1.54, 1.807) is 18.3 Å². The number of hydrogen-bond acceptors (Lipinski definition) is 8. The smallest absolute Gasteiger partial charge is 0.279 e. The van der Waals surface area contributed by atoms with Gasteiger partial charge in [-0.2, -0.15) is 0 Å². The molecule has 1 aromatic heterocycles. The molecule has 2 atom stereocenters. The third-order valence-corrected chi connectivity index (χ3v) is 6.57. The first kappa shape index (κ1) is 19.2. The van der Waals surface area contributed by atoms with Crippen molar-refractivity contribution in [3.8, 4) is 11.5 Å². The first-order valence-corrected chi connectivity index (χ1v) is 9.59. The molecule has 0 bridgehead atoms. The lowest BCUT2D eigenvalue weighted by atomic mass is 9.95. The van der Waals surface area contributed by atoms with Gasteiger partial charge in [-0.15, -0.1) is 0 Å². The number of benzene rings is 1. The summed E-state index contributed by atoms with van der Waals surface area (Å²) < 4.78 is 36.5. The molecular weight excluding hydrogens is 376 g/mol. The molecule has 0 aliphatic carbocycles. The number of hydrogen-bond donors (Lipinski definition) is 3. The van der Waals surface area contributed by atoms with Gasteiger partial charge in [0.05, 0.1) is 17.7 Å². The van der Waals surface area contributed by atoms with E-state index in [0.717, 1.165) is 0 Å². The van der Waals surface area contributed by atoms with Crippen molar-refractivity contribution in [2.45, 2.75) is 22.2 Å². The third-order valence-electron chi connectivity index (χ3n) is 4.27. The second-order valence-corrected chi connectivity index (χ2v) is 8.13. The Balaban J connectivity index is 1.86. The molecule has 1 saturated heterocycles. The molecule has 1 fully saturated rings. The number of hydroxylamine groups is 1. The van der Waals surface area contributed by atoms with Crippen molar-refractivity contribution < 1.29 is 33.0 Å². The summed E-state index contributed by atoms with van der Waals surface area (Å²) in [6, 6.07) is 8.98. The normalized spacial score (nSPS) is 22.8. The van der Waals surface area contributed by atoms with E-state index >= 15 is 0 Å². The Bertz CT molecular complexity index is 903. The van der Waals surface area contributed by atoms with Crippen LogP contribution < -0.4 is 10.2 Å². The fourth-order valence-corrected chi connectivity index (χ4v) is 4.81.